The average Bonchev–Trinajstić information content (AvgIpc) is 2.69. The predicted molar refractivity (Wildman–Crippen MR) is 107 cm³/mol. The zero-order valence-corrected chi connectivity index (χ0v) is 15.7. The third-order valence-electron chi connectivity index (χ3n) is 3.94. The van der Waals surface area contributed by atoms with Crippen LogP contribution in [-0.2, 0) is 6.42 Å². The van der Waals surface area contributed by atoms with Gasteiger partial charge >= 0.3 is 0 Å². The molecular weight excluding hydrogens is 364 g/mol. The van der Waals surface area contributed by atoms with Gasteiger partial charge in [0.25, 0.3) is 5.91 Å². The Kier molecular flexibility index (Phi) is 5.88. The molecule has 0 radical (unpaired) electrons. The van der Waals surface area contributed by atoms with Gasteiger partial charge < -0.3 is 15.4 Å². The van der Waals surface area contributed by atoms with Crippen LogP contribution in [0.3, 0.4) is 0 Å². The number of nitrogens with zero attached hydrogens (tertiary/aromatic N) is 2. The number of anilines is 3. The lowest BCUT2D eigenvalue weighted by Crippen LogP contribution is -2.13. The van der Waals surface area contributed by atoms with E-state index in [9.17, 15) is 4.79 Å². The molecule has 0 saturated carbocycles. The number of aryl methyl sites for hydroxylation is 1. The Morgan fingerprint density at radius 1 is 1.11 bits per heavy atom. The smallest absolute Gasteiger partial charge is 0.258 e. The second-order valence-corrected chi connectivity index (χ2v) is 6.21. The second kappa shape index (κ2) is 8.51. The lowest BCUT2D eigenvalue weighted by Gasteiger charge is -2.10. The predicted octanol–water partition coefficient (Wildman–Crippen LogP) is 4.70. The van der Waals surface area contributed by atoms with Crippen LogP contribution in [0.4, 0.5) is 17.3 Å². The average molecular weight is 383 g/mol. The Morgan fingerprint density at radius 3 is 2.44 bits per heavy atom. The van der Waals surface area contributed by atoms with E-state index in [4.69, 9.17) is 16.3 Å². The van der Waals surface area contributed by atoms with Gasteiger partial charge in [-0.3, -0.25) is 4.79 Å². The summed E-state index contributed by atoms with van der Waals surface area (Å²) in [7, 11) is 1.57. The zero-order chi connectivity index (χ0) is 19.2. The van der Waals surface area contributed by atoms with Crippen LogP contribution in [0.5, 0.6) is 5.75 Å². The Hall–Kier alpha value is -3.12. The van der Waals surface area contributed by atoms with Crippen molar-refractivity contribution < 1.29 is 9.53 Å². The third-order valence-corrected chi connectivity index (χ3v) is 4.18. The number of halogens is 1. The van der Waals surface area contributed by atoms with Gasteiger partial charge in [-0.15, -0.1) is 0 Å². The second-order valence-electron chi connectivity index (χ2n) is 5.77. The van der Waals surface area contributed by atoms with E-state index in [2.05, 4.69) is 27.5 Å². The molecule has 0 aliphatic heterocycles. The molecule has 3 aromatic rings. The molecule has 2 N–H and O–H groups in total. The van der Waals surface area contributed by atoms with Crippen LogP contribution in [-0.4, -0.2) is 23.0 Å². The van der Waals surface area contributed by atoms with Crippen molar-refractivity contribution in [2.45, 2.75) is 13.3 Å². The molecule has 0 fully saturated rings. The Labute approximate surface area is 162 Å². The number of benzene rings is 2. The van der Waals surface area contributed by atoms with Crippen molar-refractivity contribution >= 4 is 34.8 Å². The first-order valence-electron chi connectivity index (χ1n) is 8.42. The quantitative estimate of drug-likeness (QED) is 0.646. The first-order valence-corrected chi connectivity index (χ1v) is 8.79. The highest BCUT2D eigenvalue weighted by Crippen LogP contribution is 2.29. The SMILES string of the molecule is CCc1ccc(NC(=O)c2cnc(Nc3cc(Cl)ccc3OC)nc2)cc1. The van der Waals surface area contributed by atoms with Crippen LogP contribution in [0, 0.1) is 0 Å². The third kappa shape index (κ3) is 4.74. The summed E-state index contributed by atoms with van der Waals surface area (Å²) in [5.41, 5.74) is 2.93. The van der Waals surface area contributed by atoms with Crippen molar-refractivity contribution in [3.8, 4) is 5.75 Å². The van der Waals surface area contributed by atoms with Gasteiger partial charge in [0.15, 0.2) is 0 Å². The number of carbonyl (C=O) groups is 1. The van der Waals surface area contributed by atoms with Gasteiger partial charge in [-0.05, 0) is 42.3 Å². The van der Waals surface area contributed by atoms with Gasteiger partial charge in [0.05, 0.1) is 18.4 Å². The van der Waals surface area contributed by atoms with Crippen molar-refractivity contribution in [2.75, 3.05) is 17.7 Å². The van der Waals surface area contributed by atoms with E-state index >= 15 is 0 Å². The monoisotopic (exact) mass is 382 g/mol. The molecule has 0 spiro atoms. The fraction of sp³-hybridized carbons (Fsp3) is 0.150. The lowest BCUT2D eigenvalue weighted by atomic mass is 10.1. The number of nitrogens with one attached hydrogen (secondary N) is 2. The number of rotatable bonds is 6. The van der Waals surface area contributed by atoms with E-state index in [1.165, 1.54) is 18.0 Å². The highest BCUT2D eigenvalue weighted by atomic mass is 35.5. The molecule has 27 heavy (non-hydrogen) atoms. The summed E-state index contributed by atoms with van der Waals surface area (Å²) in [5.74, 6) is 0.672. The van der Waals surface area contributed by atoms with E-state index < -0.39 is 0 Å². The summed E-state index contributed by atoms with van der Waals surface area (Å²) in [6, 6.07) is 12.9. The van der Waals surface area contributed by atoms with E-state index in [1.54, 1.807) is 25.3 Å². The number of carbonyl (C=O) groups excluding carboxylic acids is 1. The summed E-state index contributed by atoms with van der Waals surface area (Å²) in [6.07, 6.45) is 3.87. The summed E-state index contributed by atoms with van der Waals surface area (Å²) in [5, 5.41) is 6.42. The first-order chi connectivity index (χ1) is 13.1. The van der Waals surface area contributed by atoms with Gasteiger partial charge in [0.2, 0.25) is 5.95 Å². The lowest BCUT2D eigenvalue weighted by molar-refractivity contribution is 0.102. The largest absolute Gasteiger partial charge is 0.495 e. The molecule has 1 aromatic heterocycles. The fourth-order valence-electron chi connectivity index (χ4n) is 2.44. The standard InChI is InChI=1S/C20H19ClN4O2/c1-3-13-4-7-16(8-5-13)24-19(26)14-11-22-20(23-12-14)25-17-10-15(21)6-9-18(17)27-2/h4-12H,3H2,1-2H3,(H,24,26)(H,22,23,25). The van der Waals surface area contributed by atoms with Crippen LogP contribution < -0.4 is 15.4 Å². The van der Waals surface area contributed by atoms with Gasteiger partial charge in [0, 0.05) is 23.1 Å². The zero-order valence-electron chi connectivity index (χ0n) is 15.0. The van der Waals surface area contributed by atoms with Crippen LogP contribution in [0.2, 0.25) is 5.02 Å². The Morgan fingerprint density at radius 2 is 1.81 bits per heavy atom. The van der Waals surface area contributed by atoms with Crippen molar-refractivity contribution in [2.24, 2.45) is 0 Å². The fourth-order valence-corrected chi connectivity index (χ4v) is 2.61. The molecule has 0 atom stereocenters. The number of ether oxygens (including phenoxy) is 1. The van der Waals surface area contributed by atoms with Crippen molar-refractivity contribution in [3.63, 3.8) is 0 Å². The van der Waals surface area contributed by atoms with E-state index in [0.29, 0.717) is 28.0 Å². The first kappa shape index (κ1) is 18.7. The minimum atomic E-state index is -0.272. The van der Waals surface area contributed by atoms with Crippen molar-refractivity contribution in [1.82, 2.24) is 9.97 Å². The molecule has 3 rings (SSSR count). The number of hydrogen-bond acceptors (Lipinski definition) is 5. The van der Waals surface area contributed by atoms with Gasteiger partial charge in [-0.25, -0.2) is 9.97 Å². The molecule has 0 saturated heterocycles. The van der Waals surface area contributed by atoms with Crippen molar-refractivity contribution in [3.05, 3.63) is 71.0 Å². The molecule has 0 unspecified atom stereocenters. The highest BCUT2D eigenvalue weighted by molar-refractivity contribution is 6.31. The van der Waals surface area contributed by atoms with Crippen LogP contribution in [0.15, 0.2) is 54.9 Å². The normalized spacial score (nSPS) is 10.3. The number of methoxy groups -OCH3 is 1. The maximum Gasteiger partial charge on any atom is 0.258 e. The van der Waals surface area contributed by atoms with Crippen LogP contribution in [0.1, 0.15) is 22.8 Å². The summed E-state index contributed by atoms with van der Waals surface area (Å²) >= 11 is 6.01. The molecule has 2 aromatic carbocycles. The topological polar surface area (TPSA) is 76.1 Å². The maximum atomic E-state index is 12.3. The Bertz CT molecular complexity index is 928. The number of hydrogen-bond donors (Lipinski definition) is 2. The summed E-state index contributed by atoms with van der Waals surface area (Å²) in [4.78, 5) is 20.7. The Balaban J connectivity index is 1.69. The van der Waals surface area contributed by atoms with Gasteiger partial charge in [-0.1, -0.05) is 30.7 Å². The van der Waals surface area contributed by atoms with E-state index in [0.717, 1.165) is 12.1 Å². The molecular formula is C20H19ClN4O2. The van der Waals surface area contributed by atoms with E-state index in [-0.39, 0.29) is 5.91 Å². The van der Waals surface area contributed by atoms with Crippen molar-refractivity contribution in [1.29, 1.82) is 0 Å². The molecule has 1 heterocycles. The molecule has 138 valence electrons. The van der Waals surface area contributed by atoms with Gasteiger partial charge in [0.1, 0.15) is 5.75 Å². The molecule has 0 aliphatic rings. The maximum absolute atomic E-state index is 12.3. The number of amides is 1. The molecule has 7 heteroatoms. The van der Waals surface area contributed by atoms with Crippen LogP contribution >= 0.6 is 11.6 Å². The molecule has 0 bridgehead atoms. The van der Waals surface area contributed by atoms with E-state index in [1.807, 2.05) is 24.3 Å². The summed E-state index contributed by atoms with van der Waals surface area (Å²) < 4.78 is 5.28. The molecule has 1 amide bonds. The van der Waals surface area contributed by atoms with Gasteiger partial charge in [-0.2, -0.15) is 0 Å². The van der Waals surface area contributed by atoms with Crippen LogP contribution in [0.25, 0.3) is 0 Å². The number of aromatic nitrogens is 2. The molecule has 0 aliphatic carbocycles. The minimum absolute atomic E-state index is 0.272. The molecule has 6 nitrogen and oxygen atoms in total. The summed E-state index contributed by atoms with van der Waals surface area (Å²) in [6.45, 7) is 2.08. The highest BCUT2D eigenvalue weighted by Gasteiger charge is 2.10. The minimum Gasteiger partial charge on any atom is -0.495 e.